The molecule has 4 aliphatic rings. The minimum absolute atomic E-state index is 0.00119. The Bertz CT molecular complexity index is 2190. The molecule has 1 saturated carbocycles. The topological polar surface area (TPSA) is 217 Å². The first kappa shape index (κ1) is 62.6. The van der Waals surface area contributed by atoms with Crippen LogP contribution in [0, 0.1) is 35.5 Å². The molecule has 4 N–H and O–H groups in total. The van der Waals surface area contributed by atoms with E-state index in [9.17, 15) is 39.6 Å². The summed E-state index contributed by atoms with van der Waals surface area (Å²) in [5.74, 6) is -6.79. The number of hydrogen-bond acceptors (Lipinski definition) is 15. The SMILES string of the molecule is COCCOc1ccc(C2C[C@@H]3CC[C@@H](C)[C@@](O)(O3)C(=O)C(=O)N3CCCC[C@H]3C(=O)O[C@H]([C@H](C)C[C@@H]3CC[C@@H](O)[C@H](OC)C3)CC(O)[C@H](C)/C=C(\C)[C@H](O)[C@@H](OC)C(=O)[C@H](C)C[C@H](C)/C=C/C=C/C=C/2C)c(OC)c1. The van der Waals surface area contributed by atoms with E-state index in [1.165, 1.54) is 12.0 Å². The standard InChI is InChI=1S/C60H91NO15/c1-36-17-13-12-14-18-37(2)47(46-24-23-44(34-52(46)71-9)74-28-27-70-8)33-45-22-20-42(7)60(69,76-45)57(66)58(67)61-26-16-15-19-48(61)59(68)75-51(39(4)31-43-21-25-49(62)53(32-43)72-10)35-50(63)38(3)30-41(6)55(65)56(73-11)54(64)40(5)29-36/h12-14,17-18,23-24,30,34,36,38-40,42-43,45,47-51,53,55-56,62-63,65,69H,15-16,19-22,25-29,31-33,35H2,1-11H3/b14-12+,17-13+,37-18+,41-30+/t36-,38-,39-,40-,42-,43+,45+,47?,48+,49-,50?,51+,53-,55+,56+,60-/m1/s1. The molecule has 1 aliphatic carbocycles. The highest BCUT2D eigenvalue weighted by atomic mass is 16.6. The van der Waals surface area contributed by atoms with Gasteiger partial charge in [0, 0.05) is 69.6 Å². The number of amides is 1. The first-order chi connectivity index (χ1) is 36.2. The Morgan fingerprint density at radius 1 is 0.816 bits per heavy atom. The van der Waals surface area contributed by atoms with Crippen molar-refractivity contribution in [1.82, 2.24) is 4.90 Å². The van der Waals surface area contributed by atoms with Gasteiger partial charge < -0.3 is 58.5 Å². The number of Topliss-reactive ketones (excluding diaryl/α,β-unsaturated/α-hetero) is 2. The molecule has 0 spiro atoms. The zero-order valence-corrected chi connectivity index (χ0v) is 47.2. The van der Waals surface area contributed by atoms with Crippen LogP contribution in [0.15, 0.2) is 65.8 Å². The maximum atomic E-state index is 14.6. The molecule has 2 saturated heterocycles. The van der Waals surface area contributed by atoms with E-state index in [0.29, 0.717) is 88.1 Å². The molecule has 5 rings (SSSR count). The average Bonchev–Trinajstić information content (AvgIpc) is 3.40. The highest BCUT2D eigenvalue weighted by molar-refractivity contribution is 6.39. The number of aliphatic hydroxyl groups excluding tert-OH is 3. The third-order valence-corrected chi connectivity index (χ3v) is 16.6. The number of ether oxygens (including phenoxy) is 7. The number of methoxy groups -OCH3 is 4. The number of nitrogens with zero attached hydrogens (tertiary/aromatic N) is 1. The number of allylic oxidation sites excluding steroid dienone is 6. The molecule has 76 heavy (non-hydrogen) atoms. The van der Waals surface area contributed by atoms with Gasteiger partial charge in [-0.1, -0.05) is 82.7 Å². The molecule has 3 heterocycles. The molecule has 16 heteroatoms. The van der Waals surface area contributed by atoms with Gasteiger partial charge in [0.25, 0.3) is 11.7 Å². The second-order valence-corrected chi connectivity index (χ2v) is 22.4. The number of rotatable bonds is 11. The summed E-state index contributed by atoms with van der Waals surface area (Å²) in [4.78, 5) is 59.0. The van der Waals surface area contributed by atoms with Crippen LogP contribution in [0.4, 0.5) is 0 Å². The number of cyclic esters (lactones) is 1. The Morgan fingerprint density at radius 2 is 1.57 bits per heavy atom. The Labute approximate surface area is 452 Å². The van der Waals surface area contributed by atoms with Crippen molar-refractivity contribution in [2.24, 2.45) is 35.5 Å². The predicted octanol–water partition coefficient (Wildman–Crippen LogP) is 7.78. The van der Waals surface area contributed by atoms with E-state index in [1.54, 1.807) is 48.2 Å². The van der Waals surface area contributed by atoms with Crippen LogP contribution in [0.1, 0.15) is 137 Å². The van der Waals surface area contributed by atoms with Crippen LogP contribution in [-0.2, 0) is 42.9 Å². The molecule has 426 valence electrons. The van der Waals surface area contributed by atoms with Crippen LogP contribution in [0.5, 0.6) is 11.5 Å². The Kier molecular flexibility index (Phi) is 24.4. The summed E-state index contributed by atoms with van der Waals surface area (Å²) in [6.45, 7) is 13.8. The Hall–Kier alpha value is -4.26. The van der Waals surface area contributed by atoms with Crippen molar-refractivity contribution in [2.75, 3.05) is 48.2 Å². The smallest absolute Gasteiger partial charge is 0.329 e. The van der Waals surface area contributed by atoms with Gasteiger partial charge in [0.15, 0.2) is 5.78 Å². The molecule has 2 bridgehead atoms. The number of carbonyl (C=O) groups is 4. The summed E-state index contributed by atoms with van der Waals surface area (Å²) < 4.78 is 41.1. The Balaban J connectivity index is 1.53. The summed E-state index contributed by atoms with van der Waals surface area (Å²) >= 11 is 0. The summed E-state index contributed by atoms with van der Waals surface area (Å²) in [5.41, 5.74) is 2.18. The normalized spacial score (nSPS) is 37.1. The molecule has 1 amide bonds. The molecule has 2 unspecified atom stereocenters. The number of piperidine rings is 1. The highest BCUT2D eigenvalue weighted by Crippen LogP contribution is 2.43. The van der Waals surface area contributed by atoms with Gasteiger partial charge in [-0.2, -0.15) is 0 Å². The van der Waals surface area contributed by atoms with E-state index in [1.807, 2.05) is 76.3 Å². The largest absolute Gasteiger partial charge is 0.496 e. The molecule has 1 aromatic rings. The van der Waals surface area contributed by atoms with Crippen LogP contribution >= 0.6 is 0 Å². The molecule has 3 fully saturated rings. The lowest BCUT2D eigenvalue weighted by atomic mass is 9.78. The summed E-state index contributed by atoms with van der Waals surface area (Å²) in [5, 5.41) is 46.4. The number of carbonyl (C=O) groups excluding carboxylic acids is 4. The van der Waals surface area contributed by atoms with Crippen molar-refractivity contribution < 1.29 is 72.8 Å². The third-order valence-electron chi connectivity index (χ3n) is 16.6. The fourth-order valence-corrected chi connectivity index (χ4v) is 11.7. The van der Waals surface area contributed by atoms with Crippen molar-refractivity contribution in [3.63, 3.8) is 0 Å². The number of aliphatic hydroxyl groups is 4. The van der Waals surface area contributed by atoms with Gasteiger partial charge in [-0.05, 0) is 114 Å². The van der Waals surface area contributed by atoms with Crippen molar-refractivity contribution in [2.45, 2.75) is 186 Å². The molecule has 3 aliphatic heterocycles. The van der Waals surface area contributed by atoms with Gasteiger partial charge in [-0.15, -0.1) is 0 Å². The molecule has 16 nitrogen and oxygen atoms in total. The second-order valence-electron chi connectivity index (χ2n) is 22.4. The van der Waals surface area contributed by atoms with Crippen molar-refractivity contribution >= 4 is 23.4 Å². The van der Waals surface area contributed by atoms with E-state index < -0.39 is 83.9 Å². The first-order valence-electron chi connectivity index (χ1n) is 27.8. The quantitative estimate of drug-likeness (QED) is 0.0720. The summed E-state index contributed by atoms with van der Waals surface area (Å²) in [6.07, 6.45) is 11.0. The maximum Gasteiger partial charge on any atom is 0.329 e. The van der Waals surface area contributed by atoms with Crippen molar-refractivity contribution in [1.29, 1.82) is 0 Å². The van der Waals surface area contributed by atoms with Crippen LogP contribution in [0.3, 0.4) is 0 Å². The summed E-state index contributed by atoms with van der Waals surface area (Å²) in [7, 11) is 6.16. The Morgan fingerprint density at radius 3 is 2.26 bits per heavy atom. The first-order valence-corrected chi connectivity index (χ1v) is 27.8. The number of hydrogen-bond donors (Lipinski definition) is 4. The van der Waals surface area contributed by atoms with Crippen LogP contribution < -0.4 is 9.47 Å². The zero-order chi connectivity index (χ0) is 55.9. The fraction of sp³-hybridized carbons (Fsp3) is 0.700. The minimum Gasteiger partial charge on any atom is -0.496 e. The monoisotopic (exact) mass is 1070 g/mol. The summed E-state index contributed by atoms with van der Waals surface area (Å²) in [6, 6.07) is 4.45. The number of esters is 1. The van der Waals surface area contributed by atoms with Crippen molar-refractivity contribution in [3.8, 4) is 11.5 Å². The van der Waals surface area contributed by atoms with E-state index >= 15 is 0 Å². The molecular weight excluding hydrogens is 975 g/mol. The fourth-order valence-electron chi connectivity index (χ4n) is 11.7. The lowest BCUT2D eigenvalue weighted by Crippen LogP contribution is -2.60. The van der Waals surface area contributed by atoms with Gasteiger partial charge in [-0.3, -0.25) is 14.4 Å². The van der Waals surface area contributed by atoms with Crippen molar-refractivity contribution in [3.05, 3.63) is 71.4 Å². The number of benzene rings is 1. The second kappa shape index (κ2) is 29.6. The van der Waals surface area contributed by atoms with Gasteiger partial charge in [-0.25, -0.2) is 4.79 Å². The average molecular weight is 1070 g/mol. The zero-order valence-electron chi connectivity index (χ0n) is 47.2. The molecule has 0 radical (unpaired) electrons. The van der Waals surface area contributed by atoms with Crippen LogP contribution in [0.2, 0.25) is 0 Å². The van der Waals surface area contributed by atoms with Crippen LogP contribution in [-0.4, -0.2) is 152 Å². The highest BCUT2D eigenvalue weighted by Gasteiger charge is 2.53. The van der Waals surface area contributed by atoms with Gasteiger partial charge in [0.05, 0.1) is 38.1 Å². The van der Waals surface area contributed by atoms with E-state index in [0.717, 1.165) is 17.6 Å². The minimum atomic E-state index is -2.49. The van der Waals surface area contributed by atoms with E-state index in [2.05, 4.69) is 0 Å². The number of fused-ring (bicyclic) bond motifs is 3. The molecular formula is C60H91NO15. The van der Waals surface area contributed by atoms with Gasteiger partial charge in [0.2, 0.25) is 5.79 Å². The van der Waals surface area contributed by atoms with Crippen LogP contribution in [0.25, 0.3) is 0 Å². The van der Waals surface area contributed by atoms with Gasteiger partial charge >= 0.3 is 5.97 Å². The molecule has 0 aromatic heterocycles. The third kappa shape index (κ3) is 16.4. The lowest BCUT2D eigenvalue weighted by molar-refractivity contribution is -0.264. The number of ketones is 2. The molecule has 1 aromatic carbocycles. The van der Waals surface area contributed by atoms with Gasteiger partial charge in [0.1, 0.15) is 42.5 Å². The molecule has 16 atom stereocenters. The lowest BCUT2D eigenvalue weighted by Gasteiger charge is -2.43. The predicted molar refractivity (Wildman–Crippen MR) is 288 cm³/mol. The van der Waals surface area contributed by atoms with E-state index in [4.69, 9.17) is 33.2 Å². The maximum absolute atomic E-state index is 14.6. The van der Waals surface area contributed by atoms with E-state index in [-0.39, 0.29) is 54.9 Å².